The molecule has 0 spiro atoms. The third-order valence-electron chi connectivity index (χ3n) is 8.47. The van der Waals surface area contributed by atoms with Crippen molar-refractivity contribution >= 4 is 29.0 Å². The molecular weight excluding hydrogens is 661 g/mol. The first-order chi connectivity index (χ1) is 23.5. The highest BCUT2D eigenvalue weighted by Crippen LogP contribution is 2.42. The topological polar surface area (TPSA) is 72.4 Å². The number of anilines is 2. The largest absolute Gasteiger partial charge is 0.494 e. The molecule has 4 aromatic carbocycles. The van der Waals surface area contributed by atoms with Crippen LogP contribution in [0.1, 0.15) is 38.7 Å². The van der Waals surface area contributed by atoms with Gasteiger partial charge in [0.2, 0.25) is 0 Å². The first kappa shape index (κ1) is 33.8. The third kappa shape index (κ3) is 6.78. The van der Waals surface area contributed by atoms with Gasteiger partial charge in [0.15, 0.2) is 11.6 Å². The summed E-state index contributed by atoms with van der Waals surface area (Å²) < 4.78 is 79.4. The van der Waals surface area contributed by atoms with Crippen molar-refractivity contribution in [2.75, 3.05) is 30.0 Å². The van der Waals surface area contributed by atoms with Crippen LogP contribution in [-0.4, -0.2) is 29.9 Å². The Labute approximate surface area is 282 Å². The molecule has 1 aliphatic heterocycles. The molecule has 1 atom stereocenters. The smallest absolute Gasteiger partial charge is 0.416 e. The Hall–Kier alpha value is -5.10. The molecule has 252 valence electrons. The van der Waals surface area contributed by atoms with Crippen LogP contribution in [0.3, 0.4) is 0 Å². The second-order valence-electron chi connectivity index (χ2n) is 11.5. The highest BCUT2D eigenvalue weighted by molar-refractivity contribution is 7.99. The Bertz CT molecular complexity index is 2080. The van der Waals surface area contributed by atoms with Gasteiger partial charge in [-0.2, -0.15) is 13.2 Å². The van der Waals surface area contributed by atoms with Gasteiger partial charge in [-0.3, -0.25) is 14.2 Å². The fourth-order valence-corrected chi connectivity index (χ4v) is 7.37. The molecule has 0 aliphatic carbocycles. The van der Waals surface area contributed by atoms with Gasteiger partial charge in [0.25, 0.3) is 11.5 Å². The molecule has 49 heavy (non-hydrogen) atoms. The molecule has 1 amide bonds. The van der Waals surface area contributed by atoms with Crippen molar-refractivity contribution < 1.29 is 31.5 Å². The summed E-state index contributed by atoms with van der Waals surface area (Å²) in [5.74, 6) is -1.84. The lowest BCUT2D eigenvalue weighted by Gasteiger charge is -2.22. The number of benzene rings is 4. The minimum Gasteiger partial charge on any atom is -0.494 e. The summed E-state index contributed by atoms with van der Waals surface area (Å²) in [6, 6.07) is 22.4. The van der Waals surface area contributed by atoms with E-state index in [1.807, 2.05) is 18.2 Å². The molecule has 2 heterocycles. The van der Waals surface area contributed by atoms with Gasteiger partial charge in [0, 0.05) is 46.8 Å². The Kier molecular flexibility index (Phi) is 9.51. The number of para-hydroxylation sites is 1. The Morgan fingerprint density at radius 3 is 2.33 bits per heavy atom. The van der Waals surface area contributed by atoms with Gasteiger partial charge < -0.3 is 15.4 Å². The number of aromatic nitrogens is 1. The minimum absolute atomic E-state index is 0.0404. The second-order valence-corrected chi connectivity index (χ2v) is 12.5. The van der Waals surface area contributed by atoms with Crippen LogP contribution in [0.4, 0.5) is 33.3 Å². The van der Waals surface area contributed by atoms with Crippen LogP contribution in [0.15, 0.2) is 101 Å². The number of nitrogens with zero attached hydrogens (tertiary/aromatic N) is 1. The van der Waals surface area contributed by atoms with E-state index in [-0.39, 0.29) is 34.9 Å². The van der Waals surface area contributed by atoms with Gasteiger partial charge in [-0.1, -0.05) is 36.4 Å². The number of ether oxygens (including phenoxy) is 1. The molecule has 0 fully saturated rings. The maximum atomic E-state index is 15.7. The van der Waals surface area contributed by atoms with Crippen molar-refractivity contribution in [3.8, 4) is 16.9 Å². The molecule has 6 nitrogen and oxygen atoms in total. The van der Waals surface area contributed by atoms with E-state index in [2.05, 4.69) is 10.6 Å². The summed E-state index contributed by atoms with van der Waals surface area (Å²) in [5, 5.41) is 6.49. The van der Waals surface area contributed by atoms with Crippen molar-refractivity contribution in [2.45, 2.75) is 30.6 Å². The zero-order chi connectivity index (χ0) is 34.9. The lowest BCUT2D eigenvalue weighted by molar-refractivity contribution is -0.138. The van der Waals surface area contributed by atoms with E-state index in [1.54, 1.807) is 43.3 Å². The van der Waals surface area contributed by atoms with Gasteiger partial charge in [0.1, 0.15) is 5.82 Å². The number of pyridine rings is 1. The number of methoxy groups -OCH3 is 1. The Morgan fingerprint density at radius 1 is 0.918 bits per heavy atom. The monoisotopic (exact) mass is 691 g/mol. The van der Waals surface area contributed by atoms with Crippen LogP contribution in [0.5, 0.6) is 5.75 Å². The second kappa shape index (κ2) is 13.8. The number of carbonyl (C=O) groups excluding carboxylic acids is 1. The van der Waals surface area contributed by atoms with Gasteiger partial charge >= 0.3 is 6.18 Å². The summed E-state index contributed by atoms with van der Waals surface area (Å²) in [6.07, 6.45) is -5.29. The van der Waals surface area contributed by atoms with Gasteiger partial charge in [-0.15, -0.1) is 11.8 Å². The number of halogens is 5. The number of hydrogen-bond acceptors (Lipinski definition) is 5. The predicted octanol–water partition coefficient (Wildman–Crippen LogP) is 8.73. The number of rotatable bonds is 9. The molecule has 6 rings (SSSR count). The first-order valence-electron chi connectivity index (χ1n) is 15.3. The summed E-state index contributed by atoms with van der Waals surface area (Å²) in [6.45, 7) is 1.77. The molecule has 5 aromatic rings. The summed E-state index contributed by atoms with van der Waals surface area (Å²) in [7, 11) is 1.29. The highest BCUT2D eigenvalue weighted by atomic mass is 32.2. The molecule has 12 heteroatoms. The van der Waals surface area contributed by atoms with E-state index in [0.717, 1.165) is 18.2 Å². The van der Waals surface area contributed by atoms with Crippen LogP contribution in [0.25, 0.3) is 11.1 Å². The lowest BCUT2D eigenvalue weighted by Crippen LogP contribution is -2.31. The summed E-state index contributed by atoms with van der Waals surface area (Å²) >= 11 is 1.28. The number of amides is 1. The molecule has 1 aromatic heterocycles. The molecule has 0 saturated carbocycles. The van der Waals surface area contributed by atoms with Crippen LogP contribution < -0.4 is 20.9 Å². The first-order valence-corrected chi connectivity index (χ1v) is 16.2. The summed E-state index contributed by atoms with van der Waals surface area (Å²) in [4.78, 5) is 26.9. The van der Waals surface area contributed by atoms with Crippen LogP contribution in [0, 0.1) is 18.6 Å². The van der Waals surface area contributed by atoms with Crippen molar-refractivity contribution in [3.63, 3.8) is 0 Å². The minimum atomic E-state index is -4.82. The van der Waals surface area contributed by atoms with E-state index in [1.165, 1.54) is 41.6 Å². The van der Waals surface area contributed by atoms with Crippen LogP contribution >= 0.6 is 11.8 Å². The standard InChI is InChI=1S/C37H30F5N3O3S/c1-21-27(18-28-29(37(40,41)42)11-7-12-30(28)38)36-45(35(47)32(21)26-10-6-13-31(48-2)33(26)39)25(20-49-36)19-43-23-16-14-22(15-17-23)34(46)44-24-8-4-3-5-9-24/h3-17,25,43H,18-20H2,1-2H3,(H,44,46). The van der Waals surface area contributed by atoms with Crippen LogP contribution in [-0.2, 0) is 12.6 Å². The van der Waals surface area contributed by atoms with Crippen LogP contribution in [0.2, 0.25) is 0 Å². The van der Waals surface area contributed by atoms with Crippen molar-refractivity contribution in [1.29, 1.82) is 0 Å². The fourth-order valence-electron chi connectivity index (χ4n) is 5.99. The number of nitrogens with one attached hydrogen (secondary N) is 2. The summed E-state index contributed by atoms with van der Waals surface area (Å²) in [5.41, 5.74) is -0.0126. The van der Waals surface area contributed by atoms with Gasteiger partial charge in [0.05, 0.1) is 29.3 Å². The SMILES string of the molecule is COc1cccc(-c2c(C)c(Cc3c(F)cccc3C(F)(F)F)c3n(c2=O)C(CNc2ccc(C(=O)Nc4ccccc4)cc2)CS3)c1F. The van der Waals surface area contributed by atoms with Crippen molar-refractivity contribution in [1.82, 2.24) is 4.57 Å². The molecule has 0 saturated heterocycles. The molecule has 0 radical (unpaired) electrons. The molecular formula is C37H30F5N3O3S. The van der Waals surface area contributed by atoms with E-state index in [4.69, 9.17) is 4.74 Å². The molecule has 1 aliphatic rings. The van der Waals surface area contributed by atoms with Crippen molar-refractivity contribution in [3.05, 3.63) is 141 Å². The highest BCUT2D eigenvalue weighted by Gasteiger charge is 2.37. The third-order valence-corrected chi connectivity index (χ3v) is 9.73. The maximum Gasteiger partial charge on any atom is 0.416 e. The van der Waals surface area contributed by atoms with Gasteiger partial charge in [-0.05, 0) is 72.6 Å². The molecule has 2 N–H and O–H groups in total. The Morgan fingerprint density at radius 2 is 1.63 bits per heavy atom. The van der Waals surface area contributed by atoms with Crippen molar-refractivity contribution in [2.24, 2.45) is 0 Å². The lowest BCUT2D eigenvalue weighted by atomic mass is 9.92. The van der Waals surface area contributed by atoms with Gasteiger partial charge in [-0.25, -0.2) is 8.78 Å². The molecule has 0 bridgehead atoms. The van der Waals surface area contributed by atoms with E-state index >= 15 is 8.78 Å². The zero-order valence-corrected chi connectivity index (χ0v) is 27.1. The molecule has 1 unspecified atom stereocenters. The zero-order valence-electron chi connectivity index (χ0n) is 26.3. The number of alkyl halides is 3. The normalized spacial score (nSPS) is 14.0. The van der Waals surface area contributed by atoms with E-state index in [9.17, 15) is 22.8 Å². The number of carbonyl (C=O) groups is 1. The number of fused-ring (bicyclic) bond motifs is 1. The maximum absolute atomic E-state index is 15.7. The fraction of sp³-hybridized carbons (Fsp3) is 0.189. The van der Waals surface area contributed by atoms with E-state index in [0.29, 0.717) is 33.3 Å². The predicted molar refractivity (Wildman–Crippen MR) is 181 cm³/mol. The quantitative estimate of drug-likeness (QED) is 0.151. The number of thioether (sulfide) groups is 1. The Balaban J connectivity index is 1.36. The number of hydrogen-bond donors (Lipinski definition) is 2. The average Bonchev–Trinajstić information content (AvgIpc) is 3.51. The average molecular weight is 692 g/mol. The van der Waals surface area contributed by atoms with E-state index < -0.39 is 47.0 Å².